The molecular weight excluding hydrogens is 370 g/mol. The Bertz CT molecular complexity index is 991. The van der Waals surface area contributed by atoms with Gasteiger partial charge in [0.15, 0.2) is 16.4 Å². The fourth-order valence-electron chi connectivity index (χ4n) is 3.21. The van der Waals surface area contributed by atoms with Crippen LogP contribution in [0.15, 0.2) is 22.8 Å². The fourth-order valence-corrected chi connectivity index (χ4v) is 4.98. The number of nitrogens with zero attached hydrogens (tertiary/aromatic N) is 1. The van der Waals surface area contributed by atoms with E-state index in [0.29, 0.717) is 17.6 Å². The van der Waals surface area contributed by atoms with Gasteiger partial charge in [0.2, 0.25) is 0 Å². The second-order valence-corrected chi connectivity index (χ2v) is 9.32. The molecule has 1 amide bonds. The molecule has 146 valence electrons. The quantitative estimate of drug-likeness (QED) is 0.719. The van der Waals surface area contributed by atoms with Gasteiger partial charge in [0.1, 0.15) is 5.58 Å². The highest BCUT2D eigenvalue weighted by atomic mass is 32.2. The Balaban J connectivity index is 1.57. The lowest BCUT2D eigenvalue weighted by Gasteiger charge is -2.23. The van der Waals surface area contributed by atoms with Gasteiger partial charge in [-0.3, -0.25) is 9.59 Å². The minimum absolute atomic E-state index is 0.00427. The molecule has 1 aliphatic rings. The minimum Gasteiger partial charge on any atom is -0.464 e. The zero-order valence-electron chi connectivity index (χ0n) is 15.6. The van der Waals surface area contributed by atoms with Crippen LogP contribution < -0.4 is 0 Å². The molecular formula is C19H23NO6S. The molecule has 27 heavy (non-hydrogen) atoms. The number of carbonyl (C=O) groups excluding carboxylic acids is 2. The molecule has 1 aromatic carbocycles. The average molecular weight is 393 g/mol. The number of hydrogen-bond acceptors (Lipinski definition) is 6. The minimum atomic E-state index is -3.08. The van der Waals surface area contributed by atoms with Crippen LogP contribution >= 0.6 is 0 Å². The van der Waals surface area contributed by atoms with E-state index in [1.165, 1.54) is 18.2 Å². The summed E-state index contributed by atoms with van der Waals surface area (Å²) in [6.07, 6.45) is 1.95. The molecule has 0 N–H and O–H groups in total. The van der Waals surface area contributed by atoms with Gasteiger partial charge < -0.3 is 14.1 Å². The van der Waals surface area contributed by atoms with Crippen LogP contribution in [-0.2, 0) is 30.6 Å². The van der Waals surface area contributed by atoms with Gasteiger partial charge in [0.25, 0.3) is 5.91 Å². The maximum Gasteiger partial charge on any atom is 0.310 e. The number of rotatable bonds is 5. The van der Waals surface area contributed by atoms with E-state index in [9.17, 15) is 18.0 Å². The van der Waals surface area contributed by atoms with E-state index in [0.717, 1.165) is 16.5 Å². The molecule has 0 spiro atoms. The zero-order chi connectivity index (χ0) is 19.8. The maximum absolute atomic E-state index is 12.2. The average Bonchev–Trinajstić information content (AvgIpc) is 3.15. The molecule has 0 radical (unpaired) electrons. The number of esters is 1. The second-order valence-electron chi connectivity index (χ2n) is 7.09. The van der Waals surface area contributed by atoms with Crippen LogP contribution in [0.4, 0.5) is 0 Å². The third kappa shape index (κ3) is 4.32. The van der Waals surface area contributed by atoms with Crippen molar-refractivity contribution in [1.29, 1.82) is 0 Å². The number of ether oxygens (including phenoxy) is 1. The number of aryl methyl sites for hydroxylation is 2. The van der Waals surface area contributed by atoms with Gasteiger partial charge in [-0.05, 0) is 43.5 Å². The predicted molar refractivity (Wildman–Crippen MR) is 100 cm³/mol. The van der Waals surface area contributed by atoms with Crippen LogP contribution in [0.1, 0.15) is 23.1 Å². The molecule has 0 bridgehead atoms. The number of furan rings is 1. The topological polar surface area (TPSA) is 93.9 Å². The summed E-state index contributed by atoms with van der Waals surface area (Å²) < 4.78 is 33.7. The Kier molecular flexibility index (Phi) is 5.28. The van der Waals surface area contributed by atoms with E-state index in [-0.39, 0.29) is 24.0 Å². The summed E-state index contributed by atoms with van der Waals surface area (Å²) in [6.45, 7) is 3.57. The number of amides is 1. The number of benzene rings is 1. The molecule has 1 fully saturated rings. The number of sulfone groups is 1. The third-order valence-corrected chi connectivity index (χ3v) is 6.86. The molecule has 0 aliphatic carbocycles. The van der Waals surface area contributed by atoms with E-state index in [4.69, 9.17) is 9.15 Å². The maximum atomic E-state index is 12.2. The summed E-state index contributed by atoms with van der Waals surface area (Å²) in [6, 6.07) is 3.54. The highest BCUT2D eigenvalue weighted by Gasteiger charge is 2.32. The highest BCUT2D eigenvalue weighted by Crippen LogP contribution is 2.25. The largest absolute Gasteiger partial charge is 0.464 e. The van der Waals surface area contributed by atoms with Crippen LogP contribution in [0.2, 0.25) is 0 Å². The molecule has 1 aliphatic heterocycles. The molecule has 8 heteroatoms. The lowest BCUT2D eigenvalue weighted by molar-refractivity contribution is -0.151. The molecule has 1 aromatic heterocycles. The number of likely N-dealkylation sites (N-methyl/N-ethyl adjacent to an activating group) is 1. The van der Waals surface area contributed by atoms with Gasteiger partial charge in [-0.25, -0.2) is 8.42 Å². The first-order valence-electron chi connectivity index (χ1n) is 8.75. The lowest BCUT2D eigenvalue weighted by atomic mass is 10.0. The molecule has 0 saturated carbocycles. The number of fused-ring (bicyclic) bond motifs is 1. The predicted octanol–water partition coefficient (Wildman–Crippen LogP) is 1.78. The molecule has 3 rings (SSSR count). The molecule has 2 heterocycles. The summed E-state index contributed by atoms with van der Waals surface area (Å²) in [7, 11) is -1.54. The van der Waals surface area contributed by atoms with E-state index in [1.807, 2.05) is 26.0 Å². The van der Waals surface area contributed by atoms with Crippen LogP contribution in [0.5, 0.6) is 0 Å². The van der Waals surface area contributed by atoms with Gasteiger partial charge in [-0.1, -0.05) is 0 Å². The number of hydrogen-bond donors (Lipinski definition) is 0. The molecule has 7 nitrogen and oxygen atoms in total. The van der Waals surface area contributed by atoms with Gasteiger partial charge in [-0.15, -0.1) is 0 Å². The highest BCUT2D eigenvalue weighted by molar-refractivity contribution is 7.91. The Morgan fingerprint density at radius 3 is 2.63 bits per heavy atom. The van der Waals surface area contributed by atoms with Crippen molar-refractivity contribution in [3.8, 4) is 0 Å². The van der Waals surface area contributed by atoms with Crippen molar-refractivity contribution in [2.75, 3.05) is 25.2 Å². The summed E-state index contributed by atoms with van der Waals surface area (Å²) in [5, 5.41) is 0.856. The summed E-state index contributed by atoms with van der Waals surface area (Å²) in [5.41, 5.74) is 3.62. The van der Waals surface area contributed by atoms with Gasteiger partial charge in [0, 0.05) is 24.0 Å². The Morgan fingerprint density at radius 2 is 1.96 bits per heavy atom. The van der Waals surface area contributed by atoms with Crippen LogP contribution in [0, 0.1) is 13.8 Å². The molecule has 1 unspecified atom stereocenters. The van der Waals surface area contributed by atoms with Gasteiger partial charge in [0.05, 0.1) is 24.2 Å². The first-order valence-corrected chi connectivity index (χ1v) is 10.6. The van der Waals surface area contributed by atoms with Crippen molar-refractivity contribution >= 4 is 32.7 Å². The van der Waals surface area contributed by atoms with E-state index < -0.39 is 28.3 Å². The van der Waals surface area contributed by atoms with E-state index >= 15 is 0 Å². The monoisotopic (exact) mass is 393 g/mol. The van der Waals surface area contributed by atoms with Crippen molar-refractivity contribution in [1.82, 2.24) is 4.90 Å². The van der Waals surface area contributed by atoms with Crippen molar-refractivity contribution in [2.24, 2.45) is 0 Å². The molecule has 2 aromatic rings. The summed E-state index contributed by atoms with van der Waals surface area (Å²) >= 11 is 0. The first-order chi connectivity index (χ1) is 12.7. The Labute approximate surface area is 158 Å². The standard InChI is InChI=1S/C19H23NO6S/c1-12-6-16-14(9-25-17(16)7-13(12)2)8-19(22)26-10-18(21)20(3)15-4-5-27(23,24)11-15/h6-7,9,15H,4-5,8,10-11H2,1-3H3. The van der Waals surface area contributed by atoms with E-state index in [1.54, 1.807) is 0 Å². The van der Waals surface area contributed by atoms with Crippen LogP contribution in [0.25, 0.3) is 11.0 Å². The molecule has 1 atom stereocenters. The third-order valence-electron chi connectivity index (χ3n) is 5.11. The first kappa shape index (κ1) is 19.4. The smallest absolute Gasteiger partial charge is 0.310 e. The summed E-state index contributed by atoms with van der Waals surface area (Å²) in [4.78, 5) is 25.7. The van der Waals surface area contributed by atoms with E-state index in [2.05, 4.69) is 0 Å². The van der Waals surface area contributed by atoms with Crippen LogP contribution in [-0.4, -0.2) is 56.4 Å². The summed E-state index contributed by atoms with van der Waals surface area (Å²) in [5.74, 6) is -0.893. The zero-order valence-corrected chi connectivity index (χ0v) is 16.5. The normalized spacial score (nSPS) is 18.6. The van der Waals surface area contributed by atoms with Gasteiger partial charge in [-0.2, -0.15) is 0 Å². The van der Waals surface area contributed by atoms with Gasteiger partial charge >= 0.3 is 5.97 Å². The second kappa shape index (κ2) is 7.34. The Hall–Kier alpha value is -2.35. The van der Waals surface area contributed by atoms with Crippen molar-refractivity contribution in [2.45, 2.75) is 32.7 Å². The van der Waals surface area contributed by atoms with Crippen molar-refractivity contribution in [3.05, 3.63) is 35.1 Å². The Morgan fingerprint density at radius 1 is 1.26 bits per heavy atom. The number of carbonyl (C=O) groups is 2. The fraction of sp³-hybridized carbons (Fsp3) is 0.474. The van der Waals surface area contributed by atoms with Crippen LogP contribution in [0.3, 0.4) is 0 Å². The molecule has 1 saturated heterocycles. The van der Waals surface area contributed by atoms with Crippen molar-refractivity contribution in [3.63, 3.8) is 0 Å². The SMILES string of the molecule is Cc1cc2occ(CC(=O)OCC(=O)N(C)C3CCS(=O)(=O)C3)c2cc1C. The van der Waals surface area contributed by atoms with Crippen molar-refractivity contribution < 1.29 is 27.2 Å². The lowest BCUT2D eigenvalue weighted by Crippen LogP contribution is -2.40.